The molecule has 96 valence electrons. The number of aliphatic imine (C=N–C) groups is 1. The van der Waals surface area contributed by atoms with Gasteiger partial charge in [-0.05, 0) is 23.8 Å². The molecule has 0 atom stereocenters. The monoisotopic (exact) mass is 274 g/mol. The number of hydrogen-bond acceptors (Lipinski definition) is 4. The Hall–Kier alpha value is -2.21. The van der Waals surface area contributed by atoms with Crippen LogP contribution in [0.3, 0.4) is 0 Å². The van der Waals surface area contributed by atoms with Gasteiger partial charge in [-0.15, -0.1) is 0 Å². The van der Waals surface area contributed by atoms with E-state index in [1.165, 1.54) is 0 Å². The van der Waals surface area contributed by atoms with E-state index in [2.05, 4.69) is 4.99 Å². The van der Waals surface area contributed by atoms with Crippen molar-refractivity contribution in [2.45, 2.75) is 5.41 Å². The minimum Gasteiger partial charge on any atom is -0.366 e. The third-order valence-electron chi connectivity index (χ3n) is 3.23. The van der Waals surface area contributed by atoms with E-state index in [-0.39, 0.29) is 0 Å². The zero-order chi connectivity index (χ0) is 13.7. The molecule has 0 aromatic heterocycles. The fraction of sp³-hybridized carbons (Fsp3) is 0.0769. The molecule has 0 radical (unpaired) electrons. The van der Waals surface area contributed by atoms with E-state index in [4.69, 9.17) is 5.73 Å². The zero-order valence-electron chi connectivity index (χ0n) is 9.78. The molecule has 1 aromatic carbocycles. The van der Waals surface area contributed by atoms with Crippen LogP contribution in [0.1, 0.15) is 15.9 Å². The van der Waals surface area contributed by atoms with Gasteiger partial charge in [0.25, 0.3) is 0 Å². The lowest BCUT2D eigenvalue weighted by Gasteiger charge is -2.22. The smallest absolute Gasteiger partial charge is 0.248 e. The Morgan fingerprint density at radius 1 is 1.21 bits per heavy atom. The van der Waals surface area contributed by atoms with Gasteiger partial charge < -0.3 is 5.73 Å². The third kappa shape index (κ3) is 1.80. The molecule has 0 aliphatic carbocycles. The van der Waals surface area contributed by atoms with Crippen molar-refractivity contribution in [1.29, 1.82) is 0 Å². The lowest BCUT2D eigenvalue weighted by molar-refractivity contribution is 0.1000. The van der Waals surface area contributed by atoms with Gasteiger partial charge in [0.05, 0.1) is 11.1 Å². The molecular formula is C13H10N2O3S. The van der Waals surface area contributed by atoms with Gasteiger partial charge in [0.15, 0.2) is 9.84 Å². The van der Waals surface area contributed by atoms with Crippen molar-refractivity contribution in [2.75, 3.05) is 0 Å². The molecule has 5 nitrogen and oxygen atoms in total. The van der Waals surface area contributed by atoms with Crippen LogP contribution in [0.15, 0.2) is 46.2 Å². The lowest BCUT2D eigenvalue weighted by Crippen LogP contribution is -2.23. The number of hydrogen-bond donors (Lipinski definition) is 1. The van der Waals surface area contributed by atoms with Gasteiger partial charge in [-0.1, -0.05) is 12.2 Å². The number of primary amides is 1. The summed E-state index contributed by atoms with van der Waals surface area (Å²) in [6, 6.07) is 4.95. The van der Waals surface area contributed by atoms with Crippen LogP contribution in [0.25, 0.3) is 0 Å². The summed E-state index contributed by atoms with van der Waals surface area (Å²) in [6.07, 6.45) is 4.77. The maximum Gasteiger partial charge on any atom is 0.248 e. The second-order valence-electron chi connectivity index (χ2n) is 4.48. The lowest BCUT2D eigenvalue weighted by atomic mass is 9.82. The molecule has 0 saturated carbocycles. The largest absolute Gasteiger partial charge is 0.366 e. The van der Waals surface area contributed by atoms with Crippen LogP contribution in [0.4, 0.5) is 5.69 Å². The Morgan fingerprint density at radius 3 is 2.53 bits per heavy atom. The molecule has 0 saturated heterocycles. The molecular weight excluding hydrogens is 264 g/mol. The van der Waals surface area contributed by atoms with Gasteiger partial charge >= 0.3 is 0 Å². The Labute approximate surface area is 110 Å². The van der Waals surface area contributed by atoms with Crippen LogP contribution >= 0.6 is 0 Å². The first-order chi connectivity index (χ1) is 8.92. The first kappa shape index (κ1) is 11.9. The van der Waals surface area contributed by atoms with E-state index < -0.39 is 21.2 Å². The maximum atomic E-state index is 11.4. The van der Waals surface area contributed by atoms with E-state index >= 15 is 0 Å². The molecule has 1 amide bonds. The van der Waals surface area contributed by atoms with Crippen molar-refractivity contribution in [3.8, 4) is 0 Å². The molecule has 3 rings (SSSR count). The van der Waals surface area contributed by atoms with E-state index in [0.717, 1.165) is 16.4 Å². The van der Waals surface area contributed by atoms with Crippen LogP contribution in [0.5, 0.6) is 0 Å². The maximum absolute atomic E-state index is 11.4. The number of sulfone groups is 1. The SMILES string of the molecule is NC(=O)c1ccc2c(c1)C1(C=CS(=O)(=O)C=C1)C=N2. The van der Waals surface area contributed by atoms with Crippen LogP contribution < -0.4 is 5.73 Å². The molecule has 1 spiro atoms. The molecule has 2 aliphatic rings. The Balaban J connectivity index is 2.17. The molecule has 1 aromatic rings. The van der Waals surface area contributed by atoms with Gasteiger partial charge in [0.2, 0.25) is 5.91 Å². The number of amides is 1. The fourth-order valence-corrected chi connectivity index (χ4v) is 3.10. The van der Waals surface area contributed by atoms with Crippen molar-refractivity contribution >= 4 is 27.6 Å². The van der Waals surface area contributed by atoms with Crippen molar-refractivity contribution in [2.24, 2.45) is 10.7 Å². The number of carbonyl (C=O) groups excluding carboxylic acids is 1. The molecule has 19 heavy (non-hydrogen) atoms. The summed E-state index contributed by atoms with van der Waals surface area (Å²) in [5.41, 5.74) is 6.39. The van der Waals surface area contributed by atoms with Crippen molar-refractivity contribution in [1.82, 2.24) is 0 Å². The van der Waals surface area contributed by atoms with E-state index in [1.807, 2.05) is 0 Å². The molecule has 0 bridgehead atoms. The van der Waals surface area contributed by atoms with Crippen LogP contribution in [-0.2, 0) is 15.3 Å². The summed E-state index contributed by atoms with van der Waals surface area (Å²) < 4.78 is 22.8. The molecule has 2 heterocycles. The second-order valence-corrected chi connectivity index (χ2v) is 6.20. The summed E-state index contributed by atoms with van der Waals surface area (Å²) in [6.45, 7) is 0. The predicted molar refractivity (Wildman–Crippen MR) is 72.0 cm³/mol. The summed E-state index contributed by atoms with van der Waals surface area (Å²) in [7, 11) is -3.29. The summed E-state index contributed by atoms with van der Waals surface area (Å²) in [5.74, 6) is -0.527. The average molecular weight is 274 g/mol. The van der Waals surface area contributed by atoms with Gasteiger partial charge in [-0.3, -0.25) is 9.79 Å². The number of carbonyl (C=O) groups is 1. The highest BCUT2D eigenvalue weighted by Gasteiger charge is 2.34. The van der Waals surface area contributed by atoms with Crippen molar-refractivity contribution in [3.05, 3.63) is 52.3 Å². The molecule has 2 aliphatic heterocycles. The van der Waals surface area contributed by atoms with Crippen LogP contribution in [0.2, 0.25) is 0 Å². The van der Waals surface area contributed by atoms with Gasteiger partial charge in [0, 0.05) is 22.6 Å². The zero-order valence-corrected chi connectivity index (χ0v) is 10.6. The van der Waals surface area contributed by atoms with Crippen molar-refractivity contribution in [3.63, 3.8) is 0 Å². The topological polar surface area (TPSA) is 89.6 Å². The minimum absolute atomic E-state index is 0.374. The molecule has 6 heteroatoms. The number of nitrogens with zero attached hydrogens (tertiary/aromatic N) is 1. The van der Waals surface area contributed by atoms with Crippen molar-refractivity contribution < 1.29 is 13.2 Å². The number of allylic oxidation sites excluding steroid dienone is 2. The number of fused-ring (bicyclic) bond motifs is 2. The molecule has 2 N–H and O–H groups in total. The minimum atomic E-state index is -3.29. The fourth-order valence-electron chi connectivity index (χ4n) is 2.18. The second kappa shape index (κ2) is 3.64. The van der Waals surface area contributed by atoms with E-state index in [1.54, 1.807) is 36.6 Å². The standard InChI is InChI=1S/C13H10N2O3S/c14-12(16)9-1-2-11-10(7-9)13(8-15-11)3-5-19(17,18)6-4-13/h1-8H,(H2,14,16). The predicted octanol–water partition coefficient (Wildman–Crippen LogP) is 1.20. The van der Waals surface area contributed by atoms with Gasteiger partial charge in [-0.2, -0.15) is 0 Å². The average Bonchev–Trinajstić information content (AvgIpc) is 2.72. The Kier molecular flexibility index (Phi) is 2.27. The highest BCUT2D eigenvalue weighted by molar-refractivity contribution is 7.97. The molecule has 0 fully saturated rings. The normalized spacial score (nSPS) is 20.6. The van der Waals surface area contributed by atoms with Gasteiger partial charge in [-0.25, -0.2) is 8.42 Å². The first-order valence-corrected chi connectivity index (χ1v) is 7.16. The summed E-state index contributed by atoms with van der Waals surface area (Å²) in [5, 5.41) is 2.29. The summed E-state index contributed by atoms with van der Waals surface area (Å²) >= 11 is 0. The Bertz CT molecular complexity index is 753. The quantitative estimate of drug-likeness (QED) is 0.834. The number of nitrogens with two attached hydrogens (primary N) is 1. The van der Waals surface area contributed by atoms with Crippen LogP contribution in [0, 0.1) is 0 Å². The Morgan fingerprint density at radius 2 is 1.89 bits per heavy atom. The van der Waals surface area contributed by atoms with Crippen LogP contribution in [-0.4, -0.2) is 20.5 Å². The highest BCUT2D eigenvalue weighted by atomic mass is 32.2. The summed E-state index contributed by atoms with van der Waals surface area (Å²) in [4.78, 5) is 15.5. The number of rotatable bonds is 1. The number of benzene rings is 1. The first-order valence-electron chi connectivity index (χ1n) is 5.55. The molecule has 0 unspecified atom stereocenters. The van der Waals surface area contributed by atoms with E-state index in [9.17, 15) is 13.2 Å². The highest BCUT2D eigenvalue weighted by Crippen LogP contribution is 2.41. The van der Waals surface area contributed by atoms with Gasteiger partial charge in [0.1, 0.15) is 0 Å². The van der Waals surface area contributed by atoms with E-state index in [0.29, 0.717) is 11.3 Å². The third-order valence-corrected chi connectivity index (χ3v) is 4.26.